The molecule has 2 aromatic heterocycles. The van der Waals surface area contributed by atoms with E-state index in [-0.39, 0.29) is 0 Å². The highest BCUT2D eigenvalue weighted by atomic mass is 15.3. The van der Waals surface area contributed by atoms with Crippen molar-refractivity contribution in [2.24, 2.45) is 14.1 Å². The summed E-state index contributed by atoms with van der Waals surface area (Å²) >= 11 is 0. The van der Waals surface area contributed by atoms with Gasteiger partial charge in [-0.15, -0.1) is 0 Å². The fourth-order valence-corrected chi connectivity index (χ4v) is 1.99. The summed E-state index contributed by atoms with van der Waals surface area (Å²) in [5.41, 5.74) is 3.60. The summed E-state index contributed by atoms with van der Waals surface area (Å²) in [6, 6.07) is 0. The van der Waals surface area contributed by atoms with Crippen LogP contribution in [0.15, 0.2) is 6.33 Å². The third kappa shape index (κ3) is 2.76. The van der Waals surface area contributed by atoms with E-state index in [1.165, 1.54) is 11.3 Å². The highest BCUT2D eigenvalue weighted by Crippen LogP contribution is 2.10. The SMILES string of the molecule is Cc1nn(C)c(C)c1CNCCc1ncn(C)n1. The second-order valence-corrected chi connectivity index (χ2v) is 4.53. The summed E-state index contributed by atoms with van der Waals surface area (Å²) in [4.78, 5) is 4.19. The summed E-state index contributed by atoms with van der Waals surface area (Å²) in [6.07, 6.45) is 2.57. The van der Waals surface area contributed by atoms with E-state index in [1.54, 1.807) is 11.0 Å². The topological polar surface area (TPSA) is 60.6 Å². The van der Waals surface area contributed by atoms with Crippen molar-refractivity contribution in [3.63, 3.8) is 0 Å². The number of nitrogens with one attached hydrogen (secondary N) is 1. The van der Waals surface area contributed by atoms with Crippen LogP contribution in [0.1, 0.15) is 22.8 Å². The van der Waals surface area contributed by atoms with E-state index in [4.69, 9.17) is 0 Å². The standard InChI is InChI=1S/C12H20N6/c1-9-11(10(2)18(4)15-9)7-13-6-5-12-14-8-17(3)16-12/h8,13H,5-7H2,1-4H3. The van der Waals surface area contributed by atoms with E-state index >= 15 is 0 Å². The number of hydrogen-bond donors (Lipinski definition) is 1. The van der Waals surface area contributed by atoms with E-state index < -0.39 is 0 Å². The van der Waals surface area contributed by atoms with Crippen LogP contribution in [0.3, 0.4) is 0 Å². The van der Waals surface area contributed by atoms with Crippen LogP contribution in [-0.2, 0) is 27.1 Å². The Bertz CT molecular complexity index is 525. The fraction of sp³-hybridized carbons (Fsp3) is 0.583. The Morgan fingerprint density at radius 1 is 1.22 bits per heavy atom. The van der Waals surface area contributed by atoms with Gasteiger partial charge in [-0.2, -0.15) is 10.2 Å². The quantitative estimate of drug-likeness (QED) is 0.783. The van der Waals surface area contributed by atoms with Gasteiger partial charge in [-0.05, 0) is 13.8 Å². The van der Waals surface area contributed by atoms with E-state index in [1.807, 2.05) is 25.7 Å². The van der Waals surface area contributed by atoms with Crippen molar-refractivity contribution < 1.29 is 0 Å². The molecule has 98 valence electrons. The van der Waals surface area contributed by atoms with Gasteiger partial charge in [0.2, 0.25) is 0 Å². The summed E-state index contributed by atoms with van der Waals surface area (Å²) in [5.74, 6) is 0.879. The number of aryl methyl sites for hydroxylation is 3. The van der Waals surface area contributed by atoms with E-state index in [0.29, 0.717) is 0 Å². The minimum absolute atomic E-state index is 0.846. The van der Waals surface area contributed by atoms with Crippen LogP contribution >= 0.6 is 0 Å². The maximum absolute atomic E-state index is 4.40. The van der Waals surface area contributed by atoms with Gasteiger partial charge in [-0.1, -0.05) is 0 Å². The Kier molecular flexibility index (Phi) is 3.76. The van der Waals surface area contributed by atoms with Crippen LogP contribution in [0.4, 0.5) is 0 Å². The molecule has 0 aromatic carbocycles. The first kappa shape index (κ1) is 12.8. The second-order valence-electron chi connectivity index (χ2n) is 4.53. The largest absolute Gasteiger partial charge is 0.312 e. The maximum atomic E-state index is 4.40. The highest BCUT2D eigenvalue weighted by Gasteiger charge is 2.08. The van der Waals surface area contributed by atoms with Crippen molar-refractivity contribution in [2.45, 2.75) is 26.8 Å². The molecule has 1 N–H and O–H groups in total. The lowest BCUT2D eigenvalue weighted by Crippen LogP contribution is -2.18. The number of aromatic nitrogens is 5. The average molecular weight is 248 g/mol. The monoisotopic (exact) mass is 248 g/mol. The molecule has 0 fully saturated rings. The molecule has 2 heterocycles. The molecule has 2 rings (SSSR count). The maximum Gasteiger partial charge on any atom is 0.151 e. The van der Waals surface area contributed by atoms with Crippen molar-refractivity contribution >= 4 is 0 Å². The Morgan fingerprint density at radius 2 is 2.00 bits per heavy atom. The number of rotatable bonds is 5. The first-order valence-corrected chi connectivity index (χ1v) is 6.12. The van der Waals surface area contributed by atoms with Crippen molar-refractivity contribution in [1.29, 1.82) is 0 Å². The molecule has 18 heavy (non-hydrogen) atoms. The van der Waals surface area contributed by atoms with Crippen molar-refractivity contribution in [3.8, 4) is 0 Å². The minimum Gasteiger partial charge on any atom is -0.312 e. The van der Waals surface area contributed by atoms with Crippen LogP contribution in [0, 0.1) is 13.8 Å². The molecule has 0 atom stereocenters. The van der Waals surface area contributed by atoms with Gasteiger partial charge in [0.15, 0.2) is 5.82 Å². The van der Waals surface area contributed by atoms with E-state index in [2.05, 4.69) is 27.4 Å². The van der Waals surface area contributed by atoms with Crippen LogP contribution in [0.5, 0.6) is 0 Å². The third-order valence-electron chi connectivity index (χ3n) is 3.13. The molecule has 0 saturated carbocycles. The van der Waals surface area contributed by atoms with Gasteiger partial charge in [-0.25, -0.2) is 4.98 Å². The molecule has 0 aliphatic carbocycles. The average Bonchev–Trinajstić information content (AvgIpc) is 2.82. The lowest BCUT2D eigenvalue weighted by molar-refractivity contribution is 0.656. The van der Waals surface area contributed by atoms with Gasteiger partial charge in [0, 0.05) is 44.9 Å². The molecule has 6 nitrogen and oxygen atoms in total. The summed E-state index contributed by atoms with van der Waals surface area (Å²) in [6.45, 7) is 5.86. The van der Waals surface area contributed by atoms with Gasteiger partial charge >= 0.3 is 0 Å². The molecular weight excluding hydrogens is 228 g/mol. The minimum atomic E-state index is 0.846. The molecule has 0 radical (unpaired) electrons. The first-order chi connectivity index (χ1) is 8.58. The summed E-state index contributed by atoms with van der Waals surface area (Å²) in [7, 11) is 3.86. The Balaban J connectivity index is 1.82. The van der Waals surface area contributed by atoms with Gasteiger partial charge in [-0.3, -0.25) is 9.36 Å². The molecule has 0 saturated heterocycles. The Labute approximate surface area is 107 Å². The summed E-state index contributed by atoms with van der Waals surface area (Å²) < 4.78 is 3.65. The normalized spacial score (nSPS) is 11.1. The van der Waals surface area contributed by atoms with Crippen LogP contribution in [-0.4, -0.2) is 31.1 Å². The Morgan fingerprint density at radius 3 is 2.56 bits per heavy atom. The van der Waals surface area contributed by atoms with Gasteiger partial charge < -0.3 is 5.32 Å². The molecular formula is C12H20N6. The molecule has 0 aliphatic heterocycles. The van der Waals surface area contributed by atoms with Gasteiger partial charge in [0.1, 0.15) is 6.33 Å². The fourth-order valence-electron chi connectivity index (χ4n) is 1.99. The van der Waals surface area contributed by atoms with Crippen molar-refractivity contribution in [2.75, 3.05) is 6.54 Å². The van der Waals surface area contributed by atoms with Crippen molar-refractivity contribution in [1.82, 2.24) is 29.9 Å². The van der Waals surface area contributed by atoms with Crippen LogP contribution in [0.2, 0.25) is 0 Å². The predicted molar refractivity (Wildman–Crippen MR) is 69.1 cm³/mol. The molecule has 2 aromatic rings. The predicted octanol–water partition coefficient (Wildman–Crippen LogP) is 0.498. The zero-order valence-electron chi connectivity index (χ0n) is 11.4. The zero-order valence-corrected chi connectivity index (χ0v) is 11.4. The first-order valence-electron chi connectivity index (χ1n) is 6.12. The third-order valence-corrected chi connectivity index (χ3v) is 3.13. The molecule has 0 aliphatic rings. The molecule has 0 amide bonds. The zero-order chi connectivity index (χ0) is 13.1. The number of nitrogens with zero attached hydrogens (tertiary/aromatic N) is 5. The highest BCUT2D eigenvalue weighted by molar-refractivity contribution is 5.23. The molecule has 0 spiro atoms. The van der Waals surface area contributed by atoms with E-state index in [9.17, 15) is 0 Å². The second kappa shape index (κ2) is 5.30. The summed E-state index contributed by atoms with van der Waals surface area (Å²) in [5, 5.41) is 12.1. The van der Waals surface area contributed by atoms with Crippen LogP contribution in [0.25, 0.3) is 0 Å². The van der Waals surface area contributed by atoms with E-state index in [0.717, 1.165) is 31.0 Å². The molecule has 0 unspecified atom stereocenters. The lowest BCUT2D eigenvalue weighted by atomic mass is 10.2. The van der Waals surface area contributed by atoms with Gasteiger partial charge in [0.05, 0.1) is 5.69 Å². The van der Waals surface area contributed by atoms with Gasteiger partial charge in [0.25, 0.3) is 0 Å². The van der Waals surface area contributed by atoms with Crippen molar-refractivity contribution in [3.05, 3.63) is 29.1 Å². The lowest BCUT2D eigenvalue weighted by Gasteiger charge is -2.04. The smallest absolute Gasteiger partial charge is 0.151 e. The molecule has 6 heteroatoms. The molecule has 0 bridgehead atoms. The Hall–Kier alpha value is -1.69. The number of hydrogen-bond acceptors (Lipinski definition) is 4. The van der Waals surface area contributed by atoms with Crippen LogP contribution < -0.4 is 5.32 Å².